The van der Waals surface area contributed by atoms with Gasteiger partial charge in [0.15, 0.2) is 0 Å². The van der Waals surface area contributed by atoms with Gasteiger partial charge in [-0.05, 0) is 16.9 Å². The van der Waals surface area contributed by atoms with E-state index in [-0.39, 0.29) is 10.9 Å². The first-order valence-corrected chi connectivity index (χ1v) is 9.39. The summed E-state index contributed by atoms with van der Waals surface area (Å²) in [5.41, 5.74) is 1.01. The number of benzene rings is 1. The fourth-order valence-electron chi connectivity index (χ4n) is 3.22. The quantitative estimate of drug-likeness (QED) is 0.508. The average Bonchev–Trinajstić information content (AvgIpc) is 3.14. The zero-order valence-corrected chi connectivity index (χ0v) is 15.3. The van der Waals surface area contributed by atoms with Gasteiger partial charge in [0.2, 0.25) is 5.91 Å². The third kappa shape index (κ3) is 3.59. The molecule has 0 unspecified atom stereocenters. The molecule has 0 N–H and O–H groups in total. The Morgan fingerprint density at radius 3 is 2.59 bits per heavy atom. The van der Waals surface area contributed by atoms with Crippen molar-refractivity contribution >= 4 is 38.3 Å². The zero-order valence-electron chi connectivity index (χ0n) is 14.4. The minimum Gasteiger partial charge on any atom is -0.352 e. The van der Waals surface area contributed by atoms with Crippen LogP contribution >= 0.6 is 11.3 Å². The molecule has 9 heteroatoms. The van der Waals surface area contributed by atoms with Crippen molar-refractivity contribution in [1.29, 1.82) is 0 Å². The summed E-state index contributed by atoms with van der Waals surface area (Å²) in [6.45, 7) is 2.47. The van der Waals surface area contributed by atoms with Crippen LogP contribution in [0.4, 0.5) is 10.8 Å². The smallest absolute Gasteiger partial charge is 0.326 e. The normalized spacial score (nSPS) is 14.5. The fraction of sp³-hybridized carbons (Fsp3) is 0.278. The maximum Gasteiger partial charge on any atom is 0.326 e. The highest BCUT2D eigenvalue weighted by molar-refractivity contribution is 7.21. The third-order valence-corrected chi connectivity index (χ3v) is 5.60. The van der Waals surface area contributed by atoms with Crippen LogP contribution in [0.2, 0.25) is 0 Å². The Kier molecular flexibility index (Phi) is 4.68. The largest absolute Gasteiger partial charge is 0.352 e. The summed E-state index contributed by atoms with van der Waals surface area (Å²) in [7, 11) is 0. The number of carbonyl (C=O) groups is 1. The van der Waals surface area contributed by atoms with E-state index in [4.69, 9.17) is 0 Å². The molecule has 0 atom stereocenters. The van der Waals surface area contributed by atoms with E-state index < -0.39 is 4.92 Å². The van der Waals surface area contributed by atoms with Gasteiger partial charge in [-0.2, -0.15) is 0 Å². The predicted molar refractivity (Wildman–Crippen MR) is 103 cm³/mol. The lowest BCUT2D eigenvalue weighted by Crippen LogP contribution is -2.49. The predicted octanol–water partition coefficient (Wildman–Crippen LogP) is 2.49. The van der Waals surface area contributed by atoms with E-state index in [0.29, 0.717) is 48.6 Å². The Bertz CT molecular complexity index is 983. The van der Waals surface area contributed by atoms with Crippen LogP contribution in [0.15, 0.2) is 42.7 Å². The Hall–Kier alpha value is -3.07. The molecule has 2 aromatic heterocycles. The highest BCUT2D eigenvalue weighted by Gasteiger charge is 2.25. The standard InChI is InChI=1S/C18H17N5O3S/c24-15(10-13-4-2-1-3-5-13)21-6-8-22(9-7-21)17-14-11-16(23(25)26)27-18(14)20-12-19-17/h1-5,11-12H,6-10H2. The van der Waals surface area contributed by atoms with Crippen LogP contribution < -0.4 is 4.90 Å². The van der Waals surface area contributed by atoms with Crippen LogP contribution in [0.1, 0.15) is 5.56 Å². The zero-order chi connectivity index (χ0) is 18.8. The van der Waals surface area contributed by atoms with Crippen molar-refractivity contribution in [3.8, 4) is 0 Å². The maximum absolute atomic E-state index is 12.5. The van der Waals surface area contributed by atoms with Crippen LogP contribution in [-0.2, 0) is 11.2 Å². The van der Waals surface area contributed by atoms with E-state index in [9.17, 15) is 14.9 Å². The fourth-order valence-corrected chi connectivity index (χ4v) is 4.03. The first-order chi connectivity index (χ1) is 13.1. The number of hydrogen-bond acceptors (Lipinski definition) is 7. The molecule has 138 valence electrons. The molecular formula is C18H17N5O3S. The van der Waals surface area contributed by atoms with Gasteiger partial charge in [-0.25, -0.2) is 9.97 Å². The van der Waals surface area contributed by atoms with Gasteiger partial charge in [-0.3, -0.25) is 14.9 Å². The molecule has 1 fully saturated rings. The van der Waals surface area contributed by atoms with Crippen LogP contribution in [0.25, 0.3) is 10.2 Å². The highest BCUT2D eigenvalue weighted by Crippen LogP contribution is 2.34. The Labute approximate surface area is 159 Å². The molecule has 8 nitrogen and oxygen atoms in total. The monoisotopic (exact) mass is 383 g/mol. The number of amides is 1. The molecule has 0 bridgehead atoms. The van der Waals surface area contributed by atoms with E-state index in [0.717, 1.165) is 16.9 Å². The van der Waals surface area contributed by atoms with Crippen LogP contribution in [0.5, 0.6) is 0 Å². The van der Waals surface area contributed by atoms with Gasteiger partial charge < -0.3 is 9.80 Å². The first kappa shape index (κ1) is 17.3. The summed E-state index contributed by atoms with van der Waals surface area (Å²) in [6.07, 6.45) is 1.83. The van der Waals surface area contributed by atoms with Crippen LogP contribution in [0, 0.1) is 10.1 Å². The molecule has 4 rings (SSSR count). The lowest BCUT2D eigenvalue weighted by atomic mass is 10.1. The van der Waals surface area contributed by atoms with Crippen molar-refractivity contribution in [2.24, 2.45) is 0 Å². The van der Waals surface area contributed by atoms with Crippen LogP contribution in [-0.4, -0.2) is 51.9 Å². The van der Waals surface area contributed by atoms with Gasteiger partial charge in [0.25, 0.3) is 0 Å². The molecule has 3 heterocycles. The summed E-state index contributed by atoms with van der Waals surface area (Å²) < 4.78 is 0. The number of rotatable bonds is 4. The summed E-state index contributed by atoms with van der Waals surface area (Å²) >= 11 is 1.05. The van der Waals surface area contributed by atoms with Gasteiger partial charge in [-0.1, -0.05) is 30.3 Å². The molecule has 27 heavy (non-hydrogen) atoms. The number of aromatic nitrogens is 2. The highest BCUT2D eigenvalue weighted by atomic mass is 32.1. The van der Waals surface area contributed by atoms with Gasteiger partial charge in [-0.15, -0.1) is 0 Å². The first-order valence-electron chi connectivity index (χ1n) is 8.57. The molecule has 1 aromatic carbocycles. The Morgan fingerprint density at radius 2 is 1.89 bits per heavy atom. The molecule has 3 aromatic rings. The average molecular weight is 383 g/mol. The maximum atomic E-state index is 12.5. The number of anilines is 1. The second-order valence-corrected chi connectivity index (χ2v) is 7.30. The molecular weight excluding hydrogens is 366 g/mol. The number of thiophene rings is 1. The minimum absolute atomic E-state index is 0.0587. The second kappa shape index (κ2) is 7.28. The molecule has 0 saturated carbocycles. The molecule has 1 aliphatic heterocycles. The number of carbonyl (C=O) groups excluding carboxylic acids is 1. The number of nitro groups is 1. The van der Waals surface area contributed by atoms with Crippen molar-refractivity contribution in [2.45, 2.75) is 6.42 Å². The van der Waals surface area contributed by atoms with E-state index in [1.54, 1.807) is 0 Å². The molecule has 1 saturated heterocycles. The number of piperazine rings is 1. The second-order valence-electron chi connectivity index (χ2n) is 6.29. The molecule has 0 aliphatic carbocycles. The van der Waals surface area contributed by atoms with Crippen molar-refractivity contribution in [3.63, 3.8) is 0 Å². The van der Waals surface area contributed by atoms with E-state index in [1.807, 2.05) is 35.2 Å². The van der Waals surface area contributed by atoms with Crippen molar-refractivity contribution in [2.75, 3.05) is 31.1 Å². The molecule has 0 spiro atoms. The molecule has 1 amide bonds. The third-order valence-electron chi connectivity index (χ3n) is 4.61. The van der Waals surface area contributed by atoms with Gasteiger partial charge in [0.05, 0.1) is 16.7 Å². The number of nitrogens with zero attached hydrogens (tertiary/aromatic N) is 5. The topological polar surface area (TPSA) is 92.5 Å². The van der Waals surface area contributed by atoms with Crippen LogP contribution in [0.3, 0.4) is 0 Å². The van der Waals surface area contributed by atoms with Crippen molar-refractivity contribution < 1.29 is 9.72 Å². The summed E-state index contributed by atoms with van der Waals surface area (Å²) in [5.74, 6) is 0.805. The van der Waals surface area contributed by atoms with Gasteiger partial charge in [0.1, 0.15) is 17.0 Å². The van der Waals surface area contributed by atoms with Crippen molar-refractivity contribution in [1.82, 2.24) is 14.9 Å². The minimum atomic E-state index is -0.406. The Balaban J connectivity index is 1.45. The van der Waals surface area contributed by atoms with Gasteiger partial charge >= 0.3 is 5.00 Å². The molecule has 0 radical (unpaired) electrons. The Morgan fingerprint density at radius 1 is 1.15 bits per heavy atom. The SMILES string of the molecule is O=C(Cc1ccccc1)N1CCN(c2ncnc3sc([N+](=O)[O-])cc23)CC1. The van der Waals surface area contributed by atoms with E-state index in [2.05, 4.69) is 14.9 Å². The number of fused-ring (bicyclic) bond motifs is 1. The lowest BCUT2D eigenvalue weighted by molar-refractivity contribution is -0.380. The summed E-state index contributed by atoms with van der Waals surface area (Å²) in [4.78, 5) is 36.1. The van der Waals surface area contributed by atoms with Gasteiger partial charge in [0, 0.05) is 32.2 Å². The lowest BCUT2D eigenvalue weighted by Gasteiger charge is -2.35. The molecule has 1 aliphatic rings. The van der Waals surface area contributed by atoms with E-state index >= 15 is 0 Å². The van der Waals surface area contributed by atoms with E-state index in [1.165, 1.54) is 12.4 Å². The van der Waals surface area contributed by atoms with Crippen molar-refractivity contribution in [3.05, 3.63) is 58.4 Å². The summed E-state index contributed by atoms with van der Waals surface area (Å²) in [5, 5.41) is 11.8. The summed E-state index contributed by atoms with van der Waals surface area (Å²) in [6, 6.07) is 11.2. The number of hydrogen-bond donors (Lipinski definition) is 0.